The molecule has 1 fully saturated rings. The third-order valence-corrected chi connectivity index (χ3v) is 3.82. The van der Waals surface area contributed by atoms with Crippen molar-refractivity contribution in [3.63, 3.8) is 0 Å². The Morgan fingerprint density at radius 3 is 3.05 bits per heavy atom. The molecule has 2 rings (SSSR count). The lowest BCUT2D eigenvalue weighted by atomic mass is 9.99. The zero-order chi connectivity index (χ0) is 13.8. The lowest BCUT2D eigenvalue weighted by Gasteiger charge is -2.17. The summed E-state index contributed by atoms with van der Waals surface area (Å²) in [5, 5.41) is 3.30. The van der Waals surface area contributed by atoms with Crippen LogP contribution in [0.1, 0.15) is 30.1 Å². The summed E-state index contributed by atoms with van der Waals surface area (Å²) in [6.07, 6.45) is 2.22. The maximum absolute atomic E-state index is 12.1. The van der Waals surface area contributed by atoms with Gasteiger partial charge < -0.3 is 15.8 Å². The maximum atomic E-state index is 12.1. The van der Waals surface area contributed by atoms with Crippen LogP contribution in [0.5, 0.6) is 0 Å². The minimum Gasteiger partial charge on any atom is -0.399 e. The van der Waals surface area contributed by atoms with E-state index in [4.69, 9.17) is 22.1 Å². The Morgan fingerprint density at radius 1 is 1.58 bits per heavy atom. The van der Waals surface area contributed by atoms with Crippen molar-refractivity contribution >= 4 is 23.2 Å². The first-order chi connectivity index (χ1) is 9.11. The fourth-order valence-electron chi connectivity index (χ4n) is 2.41. The van der Waals surface area contributed by atoms with E-state index in [2.05, 4.69) is 12.2 Å². The SMILES string of the molecule is CCC1OCCC1CNC(=O)c1ccc(N)cc1Cl. The van der Waals surface area contributed by atoms with Gasteiger partial charge >= 0.3 is 0 Å². The Kier molecular flexibility index (Phi) is 4.66. The molecule has 1 aliphatic rings. The van der Waals surface area contributed by atoms with Crippen molar-refractivity contribution in [2.24, 2.45) is 5.92 Å². The van der Waals surface area contributed by atoms with Gasteiger partial charge in [-0.2, -0.15) is 0 Å². The Hall–Kier alpha value is -1.26. The lowest BCUT2D eigenvalue weighted by Crippen LogP contribution is -2.32. The fourth-order valence-corrected chi connectivity index (χ4v) is 2.69. The highest BCUT2D eigenvalue weighted by atomic mass is 35.5. The number of benzene rings is 1. The number of nitrogen functional groups attached to an aromatic ring is 1. The molecule has 1 heterocycles. The molecule has 0 saturated carbocycles. The number of nitrogens with two attached hydrogens (primary N) is 1. The molecule has 1 aromatic carbocycles. The van der Waals surface area contributed by atoms with Crippen LogP contribution in [0.3, 0.4) is 0 Å². The van der Waals surface area contributed by atoms with Crippen molar-refractivity contribution in [3.8, 4) is 0 Å². The van der Waals surface area contributed by atoms with Gasteiger partial charge in [-0.05, 0) is 31.0 Å². The second kappa shape index (κ2) is 6.26. The van der Waals surface area contributed by atoms with Crippen molar-refractivity contribution in [1.82, 2.24) is 5.32 Å². The van der Waals surface area contributed by atoms with Crippen LogP contribution in [0.25, 0.3) is 0 Å². The van der Waals surface area contributed by atoms with Gasteiger partial charge in [0.15, 0.2) is 0 Å². The van der Waals surface area contributed by atoms with Gasteiger partial charge in [0, 0.05) is 24.8 Å². The third-order valence-electron chi connectivity index (χ3n) is 3.51. The Morgan fingerprint density at radius 2 is 2.37 bits per heavy atom. The number of anilines is 1. The smallest absolute Gasteiger partial charge is 0.252 e. The molecular weight excluding hydrogens is 264 g/mol. The molecule has 19 heavy (non-hydrogen) atoms. The van der Waals surface area contributed by atoms with Crippen molar-refractivity contribution < 1.29 is 9.53 Å². The number of carbonyl (C=O) groups excluding carboxylic acids is 1. The van der Waals surface area contributed by atoms with Gasteiger partial charge in [0.05, 0.1) is 16.7 Å². The van der Waals surface area contributed by atoms with Crippen molar-refractivity contribution in [3.05, 3.63) is 28.8 Å². The molecule has 2 atom stereocenters. The average molecular weight is 283 g/mol. The number of amides is 1. The number of hydrogen-bond acceptors (Lipinski definition) is 3. The zero-order valence-corrected chi connectivity index (χ0v) is 11.7. The number of halogens is 1. The molecule has 4 nitrogen and oxygen atoms in total. The highest BCUT2D eigenvalue weighted by Crippen LogP contribution is 2.23. The number of nitrogens with one attached hydrogen (secondary N) is 1. The van der Waals surface area contributed by atoms with E-state index in [0.29, 0.717) is 28.7 Å². The predicted molar refractivity (Wildman–Crippen MR) is 76.3 cm³/mol. The molecule has 0 spiro atoms. The lowest BCUT2D eigenvalue weighted by molar-refractivity contribution is 0.0827. The fraction of sp³-hybridized carbons (Fsp3) is 0.500. The monoisotopic (exact) mass is 282 g/mol. The Labute approximate surface area is 118 Å². The van der Waals surface area contributed by atoms with Crippen LogP contribution in [0.2, 0.25) is 5.02 Å². The first-order valence-electron chi connectivity index (χ1n) is 6.56. The summed E-state index contributed by atoms with van der Waals surface area (Å²) in [5.41, 5.74) is 6.62. The van der Waals surface area contributed by atoms with Gasteiger partial charge in [0.1, 0.15) is 0 Å². The van der Waals surface area contributed by atoms with E-state index < -0.39 is 0 Å². The maximum Gasteiger partial charge on any atom is 0.252 e. The molecule has 0 bridgehead atoms. The molecule has 1 aliphatic heterocycles. The second-order valence-electron chi connectivity index (χ2n) is 4.82. The summed E-state index contributed by atoms with van der Waals surface area (Å²) in [6.45, 7) is 3.50. The summed E-state index contributed by atoms with van der Waals surface area (Å²) < 4.78 is 5.60. The summed E-state index contributed by atoms with van der Waals surface area (Å²) in [5.74, 6) is 0.230. The molecule has 1 amide bonds. The van der Waals surface area contributed by atoms with Crippen molar-refractivity contribution in [2.75, 3.05) is 18.9 Å². The normalized spacial score (nSPS) is 22.4. The molecule has 0 aromatic heterocycles. The van der Waals surface area contributed by atoms with Gasteiger partial charge in [-0.1, -0.05) is 18.5 Å². The minimum absolute atomic E-state index is 0.160. The molecule has 1 aromatic rings. The van der Waals surface area contributed by atoms with Crippen LogP contribution < -0.4 is 11.1 Å². The average Bonchev–Trinajstić information content (AvgIpc) is 2.83. The molecule has 104 valence electrons. The number of rotatable bonds is 4. The summed E-state index contributed by atoms with van der Waals surface area (Å²) >= 11 is 6.01. The molecule has 3 N–H and O–H groups in total. The standard InChI is InChI=1S/C14H19ClN2O2/c1-2-13-9(5-6-19-13)8-17-14(18)11-4-3-10(16)7-12(11)15/h3-4,7,9,13H,2,5-6,8,16H2,1H3,(H,17,18). The molecule has 0 aliphatic carbocycles. The molecule has 5 heteroatoms. The van der Waals surface area contributed by atoms with Crippen LogP contribution in [-0.4, -0.2) is 25.2 Å². The van der Waals surface area contributed by atoms with Crippen molar-refractivity contribution in [1.29, 1.82) is 0 Å². The Balaban J connectivity index is 1.94. The zero-order valence-electron chi connectivity index (χ0n) is 11.0. The molecule has 2 unspecified atom stereocenters. The quantitative estimate of drug-likeness (QED) is 0.834. The van der Waals surface area contributed by atoms with E-state index in [-0.39, 0.29) is 12.0 Å². The summed E-state index contributed by atoms with van der Waals surface area (Å²) in [7, 11) is 0. The van der Waals surface area contributed by atoms with E-state index in [0.717, 1.165) is 19.4 Å². The number of ether oxygens (including phenoxy) is 1. The van der Waals surface area contributed by atoms with E-state index in [1.165, 1.54) is 0 Å². The minimum atomic E-state index is -0.160. The van der Waals surface area contributed by atoms with E-state index in [9.17, 15) is 4.79 Å². The number of carbonyl (C=O) groups is 1. The van der Waals surface area contributed by atoms with E-state index in [1.807, 2.05) is 0 Å². The first kappa shape index (κ1) is 14.2. The highest BCUT2D eigenvalue weighted by Gasteiger charge is 2.27. The van der Waals surface area contributed by atoms with Crippen LogP contribution >= 0.6 is 11.6 Å². The predicted octanol–water partition coefficient (Wildman–Crippen LogP) is 2.47. The van der Waals surface area contributed by atoms with Gasteiger partial charge in [-0.25, -0.2) is 0 Å². The van der Waals surface area contributed by atoms with Crippen molar-refractivity contribution in [2.45, 2.75) is 25.9 Å². The van der Waals surface area contributed by atoms with E-state index in [1.54, 1.807) is 18.2 Å². The van der Waals surface area contributed by atoms with Gasteiger partial charge in [0.25, 0.3) is 5.91 Å². The van der Waals surface area contributed by atoms with Crippen LogP contribution in [0.15, 0.2) is 18.2 Å². The van der Waals surface area contributed by atoms with Gasteiger partial charge in [-0.3, -0.25) is 4.79 Å². The van der Waals surface area contributed by atoms with Gasteiger partial charge in [-0.15, -0.1) is 0 Å². The topological polar surface area (TPSA) is 64.3 Å². The molecule has 0 radical (unpaired) electrons. The first-order valence-corrected chi connectivity index (χ1v) is 6.94. The summed E-state index contributed by atoms with van der Waals surface area (Å²) in [6, 6.07) is 4.91. The van der Waals surface area contributed by atoms with Crippen LogP contribution in [0.4, 0.5) is 5.69 Å². The van der Waals surface area contributed by atoms with Crippen LogP contribution in [0, 0.1) is 5.92 Å². The van der Waals surface area contributed by atoms with E-state index >= 15 is 0 Å². The Bertz CT molecular complexity index is 465. The second-order valence-corrected chi connectivity index (χ2v) is 5.22. The third kappa shape index (κ3) is 3.39. The largest absolute Gasteiger partial charge is 0.399 e. The highest BCUT2D eigenvalue weighted by molar-refractivity contribution is 6.34. The number of hydrogen-bond donors (Lipinski definition) is 2. The molecule has 1 saturated heterocycles. The van der Waals surface area contributed by atoms with Gasteiger partial charge in [0.2, 0.25) is 0 Å². The molecular formula is C14H19ClN2O2. The van der Waals surface area contributed by atoms with Crippen LogP contribution in [-0.2, 0) is 4.74 Å². The summed E-state index contributed by atoms with van der Waals surface area (Å²) in [4.78, 5) is 12.1.